The molecule has 7 heteroatoms. The third-order valence-electron chi connectivity index (χ3n) is 3.03. The molecular formula is C15H18BrNO5. The molecule has 2 rings (SSSR count). The summed E-state index contributed by atoms with van der Waals surface area (Å²) < 4.78 is 16.3. The van der Waals surface area contributed by atoms with Crippen LogP contribution in [0.1, 0.15) is 30.1 Å². The highest BCUT2D eigenvalue weighted by Crippen LogP contribution is 2.36. The largest absolute Gasteiger partial charge is 0.492 e. The Kier molecular flexibility index (Phi) is 5.65. The van der Waals surface area contributed by atoms with Crippen molar-refractivity contribution in [2.24, 2.45) is 0 Å². The zero-order valence-corrected chi connectivity index (χ0v) is 14.1. The number of halogens is 1. The molecule has 0 bridgehead atoms. The molecular weight excluding hydrogens is 354 g/mol. The van der Waals surface area contributed by atoms with E-state index in [4.69, 9.17) is 14.2 Å². The Morgan fingerprint density at radius 3 is 2.68 bits per heavy atom. The number of hydrogen-bond acceptors (Lipinski definition) is 5. The van der Waals surface area contributed by atoms with Crippen LogP contribution in [-0.2, 0) is 9.53 Å². The predicted octanol–water partition coefficient (Wildman–Crippen LogP) is 2.29. The third-order valence-corrected chi connectivity index (χ3v) is 3.62. The van der Waals surface area contributed by atoms with Crippen molar-refractivity contribution in [1.29, 1.82) is 0 Å². The lowest BCUT2D eigenvalue weighted by atomic mass is 10.2. The molecule has 1 saturated carbocycles. The number of methoxy groups -OCH3 is 1. The minimum absolute atomic E-state index is 0.242. The first-order valence-electron chi connectivity index (χ1n) is 7.02. The van der Waals surface area contributed by atoms with Crippen LogP contribution in [0.4, 0.5) is 0 Å². The molecule has 1 aromatic carbocycles. The van der Waals surface area contributed by atoms with Gasteiger partial charge in [-0.2, -0.15) is 0 Å². The van der Waals surface area contributed by atoms with Crippen molar-refractivity contribution in [2.75, 3.05) is 20.3 Å². The van der Waals surface area contributed by atoms with E-state index in [9.17, 15) is 9.59 Å². The van der Waals surface area contributed by atoms with E-state index in [-0.39, 0.29) is 24.1 Å². The molecule has 1 amide bonds. The average Bonchev–Trinajstić information content (AvgIpc) is 3.28. The standard InChI is InChI=1S/C15H18BrNO5/c1-3-21-12-7-9(6-11(16)14(12)20-2)15(19)22-8-13(18)17-10-4-5-10/h6-7,10H,3-5,8H2,1-2H3,(H,17,18). The molecule has 0 aliphatic heterocycles. The van der Waals surface area contributed by atoms with Crippen LogP contribution in [-0.4, -0.2) is 38.2 Å². The summed E-state index contributed by atoms with van der Waals surface area (Å²) in [6.45, 7) is 1.98. The fraction of sp³-hybridized carbons (Fsp3) is 0.467. The normalized spacial score (nSPS) is 13.4. The smallest absolute Gasteiger partial charge is 0.338 e. The molecule has 1 aliphatic rings. The molecule has 0 aromatic heterocycles. The van der Waals surface area contributed by atoms with E-state index in [0.717, 1.165) is 12.8 Å². The summed E-state index contributed by atoms with van der Waals surface area (Å²) >= 11 is 3.33. The van der Waals surface area contributed by atoms with Gasteiger partial charge < -0.3 is 19.5 Å². The molecule has 0 heterocycles. The van der Waals surface area contributed by atoms with Crippen LogP contribution >= 0.6 is 15.9 Å². The molecule has 0 unspecified atom stereocenters. The van der Waals surface area contributed by atoms with Crippen molar-refractivity contribution < 1.29 is 23.8 Å². The summed E-state index contributed by atoms with van der Waals surface area (Å²) in [4.78, 5) is 23.6. The molecule has 22 heavy (non-hydrogen) atoms. The van der Waals surface area contributed by atoms with Crippen LogP contribution in [0, 0.1) is 0 Å². The Balaban J connectivity index is 2.03. The summed E-state index contributed by atoms with van der Waals surface area (Å²) in [5.41, 5.74) is 0.287. The third kappa shape index (κ3) is 4.37. The summed E-state index contributed by atoms with van der Waals surface area (Å²) in [5.74, 6) is 0.0716. The van der Waals surface area contributed by atoms with Gasteiger partial charge >= 0.3 is 5.97 Å². The summed E-state index contributed by atoms with van der Waals surface area (Å²) in [6.07, 6.45) is 1.98. The van der Waals surface area contributed by atoms with E-state index in [1.165, 1.54) is 13.2 Å². The van der Waals surface area contributed by atoms with Crippen LogP contribution in [0.2, 0.25) is 0 Å². The Labute approximate surface area is 137 Å². The maximum atomic E-state index is 12.0. The lowest BCUT2D eigenvalue weighted by Crippen LogP contribution is -2.30. The van der Waals surface area contributed by atoms with Crippen LogP contribution in [0.3, 0.4) is 0 Å². The van der Waals surface area contributed by atoms with Gasteiger partial charge in [0.25, 0.3) is 5.91 Å². The highest BCUT2D eigenvalue weighted by molar-refractivity contribution is 9.10. The second kappa shape index (κ2) is 7.49. The molecule has 0 atom stereocenters. The molecule has 1 aliphatic carbocycles. The maximum absolute atomic E-state index is 12.0. The first kappa shape index (κ1) is 16.6. The highest BCUT2D eigenvalue weighted by Gasteiger charge is 2.24. The molecule has 6 nitrogen and oxygen atoms in total. The SMILES string of the molecule is CCOc1cc(C(=O)OCC(=O)NC2CC2)cc(Br)c1OC. The fourth-order valence-electron chi connectivity index (χ4n) is 1.86. The molecule has 0 spiro atoms. The van der Waals surface area contributed by atoms with Gasteiger partial charge in [0.2, 0.25) is 0 Å². The molecule has 0 radical (unpaired) electrons. The number of amides is 1. The number of hydrogen-bond donors (Lipinski definition) is 1. The highest BCUT2D eigenvalue weighted by atomic mass is 79.9. The maximum Gasteiger partial charge on any atom is 0.338 e. The number of nitrogens with one attached hydrogen (secondary N) is 1. The van der Waals surface area contributed by atoms with Crippen LogP contribution in [0.5, 0.6) is 11.5 Å². The van der Waals surface area contributed by atoms with Crippen LogP contribution in [0.25, 0.3) is 0 Å². The molecule has 0 saturated heterocycles. The molecule has 1 fully saturated rings. The Morgan fingerprint density at radius 1 is 1.36 bits per heavy atom. The van der Waals surface area contributed by atoms with Gasteiger partial charge in [0, 0.05) is 6.04 Å². The molecule has 120 valence electrons. The average molecular weight is 372 g/mol. The Morgan fingerprint density at radius 2 is 2.09 bits per heavy atom. The summed E-state index contributed by atoms with van der Waals surface area (Å²) in [5, 5.41) is 2.75. The van der Waals surface area contributed by atoms with Crippen molar-refractivity contribution in [3.63, 3.8) is 0 Å². The quantitative estimate of drug-likeness (QED) is 0.744. The Hall–Kier alpha value is -1.76. The molecule has 1 N–H and O–H groups in total. The minimum Gasteiger partial charge on any atom is -0.492 e. The van der Waals surface area contributed by atoms with Gasteiger partial charge in [-0.3, -0.25) is 4.79 Å². The number of carbonyl (C=O) groups excluding carboxylic acids is 2. The van der Waals surface area contributed by atoms with Crippen molar-refractivity contribution in [3.8, 4) is 11.5 Å². The zero-order chi connectivity index (χ0) is 16.1. The fourth-order valence-corrected chi connectivity index (χ4v) is 2.46. The second-order valence-electron chi connectivity index (χ2n) is 4.84. The minimum atomic E-state index is -0.588. The van der Waals surface area contributed by atoms with E-state index < -0.39 is 5.97 Å². The predicted molar refractivity (Wildman–Crippen MR) is 83.3 cm³/mol. The van der Waals surface area contributed by atoms with Gasteiger partial charge in [0.1, 0.15) is 0 Å². The number of esters is 1. The summed E-state index contributed by atoms with van der Waals surface area (Å²) in [6, 6.07) is 3.35. The lowest BCUT2D eigenvalue weighted by molar-refractivity contribution is -0.124. The number of rotatable bonds is 7. The summed E-state index contributed by atoms with van der Waals surface area (Å²) in [7, 11) is 1.52. The first-order valence-corrected chi connectivity index (χ1v) is 7.81. The van der Waals surface area contributed by atoms with E-state index in [2.05, 4.69) is 21.2 Å². The zero-order valence-electron chi connectivity index (χ0n) is 12.5. The van der Waals surface area contributed by atoms with Gasteiger partial charge in [0.05, 0.1) is 23.8 Å². The number of benzene rings is 1. The van der Waals surface area contributed by atoms with Crippen molar-refractivity contribution in [3.05, 3.63) is 22.2 Å². The monoisotopic (exact) mass is 371 g/mol. The lowest BCUT2D eigenvalue weighted by Gasteiger charge is -2.13. The van der Waals surface area contributed by atoms with E-state index >= 15 is 0 Å². The van der Waals surface area contributed by atoms with Gasteiger partial charge in [0.15, 0.2) is 18.1 Å². The van der Waals surface area contributed by atoms with Crippen molar-refractivity contribution in [1.82, 2.24) is 5.32 Å². The Bertz CT molecular complexity index is 571. The van der Waals surface area contributed by atoms with E-state index in [1.807, 2.05) is 6.92 Å². The number of ether oxygens (including phenoxy) is 3. The van der Waals surface area contributed by atoms with Crippen molar-refractivity contribution in [2.45, 2.75) is 25.8 Å². The van der Waals surface area contributed by atoms with Gasteiger partial charge in [-0.05, 0) is 47.8 Å². The number of carbonyl (C=O) groups is 2. The van der Waals surface area contributed by atoms with Gasteiger partial charge in [-0.25, -0.2) is 4.79 Å². The van der Waals surface area contributed by atoms with Crippen LogP contribution in [0.15, 0.2) is 16.6 Å². The van der Waals surface area contributed by atoms with E-state index in [0.29, 0.717) is 22.6 Å². The molecule has 1 aromatic rings. The first-order chi connectivity index (χ1) is 10.5. The topological polar surface area (TPSA) is 73.9 Å². The van der Waals surface area contributed by atoms with Crippen LogP contribution < -0.4 is 14.8 Å². The van der Waals surface area contributed by atoms with E-state index in [1.54, 1.807) is 6.07 Å². The van der Waals surface area contributed by atoms with Crippen molar-refractivity contribution >= 4 is 27.8 Å². The van der Waals surface area contributed by atoms with Gasteiger partial charge in [-0.15, -0.1) is 0 Å². The second-order valence-corrected chi connectivity index (χ2v) is 5.69. The van der Waals surface area contributed by atoms with Gasteiger partial charge in [-0.1, -0.05) is 0 Å².